The molecule has 0 atom stereocenters. The van der Waals surface area contributed by atoms with Crippen LogP contribution in [-0.2, 0) is 4.79 Å². The van der Waals surface area contributed by atoms with Crippen LogP contribution in [0, 0.1) is 6.92 Å². The number of nitrogens with zero attached hydrogens (tertiary/aromatic N) is 1. The van der Waals surface area contributed by atoms with Gasteiger partial charge in [-0.3, -0.25) is 4.79 Å². The first-order chi connectivity index (χ1) is 11.5. The van der Waals surface area contributed by atoms with Crippen molar-refractivity contribution in [2.75, 3.05) is 19.5 Å². The fourth-order valence-corrected chi connectivity index (χ4v) is 2.25. The highest BCUT2D eigenvalue weighted by molar-refractivity contribution is 6.32. The summed E-state index contributed by atoms with van der Waals surface area (Å²) in [6.45, 7) is 1.88. The number of methoxy groups -OCH3 is 2. The number of nitrogens with one attached hydrogen (secondary N) is 1. The number of hydrogen-bond acceptors (Lipinski definition) is 4. The Morgan fingerprint density at radius 2 is 2.08 bits per heavy atom. The molecule has 0 aliphatic heterocycles. The molecule has 24 heavy (non-hydrogen) atoms. The third kappa shape index (κ3) is 4.73. The lowest BCUT2D eigenvalue weighted by Gasteiger charge is -2.07. The third-order valence-corrected chi connectivity index (χ3v) is 3.59. The Bertz CT molecular complexity index is 760. The van der Waals surface area contributed by atoms with E-state index in [1.807, 2.05) is 31.2 Å². The molecule has 1 heterocycles. The van der Waals surface area contributed by atoms with Gasteiger partial charge in [0.25, 0.3) is 0 Å². The molecule has 0 saturated heterocycles. The van der Waals surface area contributed by atoms with Crippen LogP contribution in [0.2, 0.25) is 5.15 Å². The first kappa shape index (κ1) is 17.8. The highest BCUT2D eigenvalue weighted by atomic mass is 35.5. The van der Waals surface area contributed by atoms with E-state index in [1.54, 1.807) is 32.6 Å². The number of rotatable bonds is 6. The highest BCUT2D eigenvalue weighted by Gasteiger charge is 2.06. The highest BCUT2D eigenvalue weighted by Crippen LogP contribution is 2.25. The largest absolute Gasteiger partial charge is 0.497 e. The van der Waals surface area contributed by atoms with Gasteiger partial charge in [-0.1, -0.05) is 23.8 Å². The SMILES string of the molecule is COc1ccc(OC)c(/C=C\CC(=O)Nc2cc(C)cnc2Cl)c1. The predicted octanol–water partition coefficient (Wildman–Crippen LogP) is 4.10. The summed E-state index contributed by atoms with van der Waals surface area (Å²) in [5.41, 5.74) is 2.26. The molecule has 126 valence electrons. The van der Waals surface area contributed by atoms with Gasteiger partial charge in [0.05, 0.1) is 19.9 Å². The molecule has 0 aliphatic rings. The molecule has 1 aromatic carbocycles. The summed E-state index contributed by atoms with van der Waals surface area (Å²) >= 11 is 5.97. The van der Waals surface area contributed by atoms with Gasteiger partial charge in [0, 0.05) is 18.2 Å². The minimum atomic E-state index is -0.178. The van der Waals surface area contributed by atoms with Crippen molar-refractivity contribution in [3.63, 3.8) is 0 Å². The van der Waals surface area contributed by atoms with Gasteiger partial charge in [-0.2, -0.15) is 0 Å². The van der Waals surface area contributed by atoms with Crippen molar-refractivity contribution in [1.82, 2.24) is 4.98 Å². The van der Waals surface area contributed by atoms with Crippen molar-refractivity contribution in [3.8, 4) is 11.5 Å². The van der Waals surface area contributed by atoms with E-state index < -0.39 is 0 Å². The number of carbonyl (C=O) groups is 1. The van der Waals surface area contributed by atoms with Crippen LogP contribution >= 0.6 is 11.6 Å². The van der Waals surface area contributed by atoms with E-state index in [-0.39, 0.29) is 17.5 Å². The van der Waals surface area contributed by atoms with Gasteiger partial charge >= 0.3 is 0 Å². The Kier molecular flexibility index (Phi) is 6.21. The number of halogens is 1. The summed E-state index contributed by atoms with van der Waals surface area (Å²) in [6.07, 6.45) is 5.42. The smallest absolute Gasteiger partial charge is 0.228 e. The quantitative estimate of drug-likeness (QED) is 0.800. The zero-order chi connectivity index (χ0) is 17.5. The maximum Gasteiger partial charge on any atom is 0.228 e. The van der Waals surface area contributed by atoms with Crippen LogP contribution in [0.5, 0.6) is 11.5 Å². The van der Waals surface area contributed by atoms with Crippen LogP contribution < -0.4 is 14.8 Å². The maximum absolute atomic E-state index is 12.0. The Morgan fingerprint density at radius 3 is 2.79 bits per heavy atom. The molecular weight excluding hydrogens is 328 g/mol. The average molecular weight is 347 g/mol. The molecule has 2 rings (SSSR count). The van der Waals surface area contributed by atoms with Crippen LogP contribution in [0.3, 0.4) is 0 Å². The fraction of sp³-hybridized carbons (Fsp3) is 0.222. The topological polar surface area (TPSA) is 60.5 Å². The van der Waals surface area contributed by atoms with E-state index in [4.69, 9.17) is 21.1 Å². The van der Waals surface area contributed by atoms with Gasteiger partial charge in [-0.05, 0) is 36.8 Å². The zero-order valence-corrected chi connectivity index (χ0v) is 14.6. The monoisotopic (exact) mass is 346 g/mol. The number of ether oxygens (including phenoxy) is 2. The van der Waals surface area contributed by atoms with Gasteiger partial charge < -0.3 is 14.8 Å². The number of aryl methyl sites for hydroxylation is 1. The Hall–Kier alpha value is -2.53. The average Bonchev–Trinajstić information content (AvgIpc) is 2.58. The first-order valence-corrected chi connectivity index (χ1v) is 7.72. The van der Waals surface area contributed by atoms with E-state index in [1.165, 1.54) is 0 Å². The van der Waals surface area contributed by atoms with Crippen molar-refractivity contribution in [2.24, 2.45) is 0 Å². The van der Waals surface area contributed by atoms with E-state index in [0.717, 1.165) is 16.9 Å². The standard InChI is InChI=1S/C18H19ClN2O3/c1-12-9-15(18(19)20-11-12)21-17(22)6-4-5-13-10-14(23-2)7-8-16(13)24-3/h4-5,7-11H,6H2,1-3H3,(H,21,22)/b5-4-. The van der Waals surface area contributed by atoms with Crippen LogP contribution in [0.1, 0.15) is 17.5 Å². The summed E-state index contributed by atoms with van der Waals surface area (Å²) in [5, 5.41) is 3.02. The van der Waals surface area contributed by atoms with Gasteiger partial charge in [0.15, 0.2) is 5.15 Å². The minimum Gasteiger partial charge on any atom is -0.497 e. The lowest BCUT2D eigenvalue weighted by Crippen LogP contribution is -2.10. The van der Waals surface area contributed by atoms with Gasteiger partial charge in [-0.25, -0.2) is 4.98 Å². The molecule has 1 N–H and O–H groups in total. The molecule has 0 bridgehead atoms. The molecule has 0 saturated carbocycles. The number of amides is 1. The van der Waals surface area contributed by atoms with E-state index in [2.05, 4.69) is 10.3 Å². The van der Waals surface area contributed by atoms with E-state index in [9.17, 15) is 4.79 Å². The minimum absolute atomic E-state index is 0.178. The summed E-state index contributed by atoms with van der Waals surface area (Å²) < 4.78 is 10.5. The molecule has 5 nitrogen and oxygen atoms in total. The Labute approximate surface area is 146 Å². The molecule has 6 heteroatoms. The van der Waals surface area contributed by atoms with Crippen molar-refractivity contribution in [1.29, 1.82) is 0 Å². The van der Waals surface area contributed by atoms with Crippen molar-refractivity contribution >= 4 is 29.3 Å². The van der Waals surface area contributed by atoms with Gasteiger partial charge in [0.2, 0.25) is 5.91 Å². The van der Waals surface area contributed by atoms with Crippen LogP contribution in [0.4, 0.5) is 5.69 Å². The van der Waals surface area contributed by atoms with Crippen molar-refractivity contribution in [3.05, 3.63) is 52.8 Å². The number of benzene rings is 1. The Balaban J connectivity index is 2.03. The van der Waals surface area contributed by atoms with Crippen LogP contribution in [-0.4, -0.2) is 25.1 Å². The lowest BCUT2D eigenvalue weighted by molar-refractivity contribution is -0.115. The summed E-state index contributed by atoms with van der Waals surface area (Å²) in [4.78, 5) is 16.0. The summed E-state index contributed by atoms with van der Waals surface area (Å²) in [6, 6.07) is 7.25. The van der Waals surface area contributed by atoms with E-state index >= 15 is 0 Å². The molecule has 0 radical (unpaired) electrons. The molecule has 0 unspecified atom stereocenters. The maximum atomic E-state index is 12.0. The molecule has 0 aliphatic carbocycles. The second-order valence-electron chi connectivity index (χ2n) is 5.11. The summed E-state index contributed by atoms with van der Waals surface area (Å²) in [5.74, 6) is 1.25. The molecule has 0 spiro atoms. The molecular formula is C18H19ClN2O3. The van der Waals surface area contributed by atoms with Gasteiger partial charge in [0.1, 0.15) is 11.5 Å². The normalized spacial score (nSPS) is 10.7. The molecule has 1 amide bonds. The number of hydrogen-bond donors (Lipinski definition) is 1. The Morgan fingerprint density at radius 1 is 1.29 bits per heavy atom. The number of pyridine rings is 1. The first-order valence-electron chi connectivity index (χ1n) is 7.34. The van der Waals surface area contributed by atoms with Crippen LogP contribution in [0.25, 0.3) is 6.08 Å². The lowest BCUT2D eigenvalue weighted by atomic mass is 10.1. The second-order valence-corrected chi connectivity index (χ2v) is 5.47. The van der Waals surface area contributed by atoms with E-state index in [0.29, 0.717) is 11.4 Å². The zero-order valence-electron chi connectivity index (χ0n) is 13.8. The number of anilines is 1. The summed E-state index contributed by atoms with van der Waals surface area (Å²) in [7, 11) is 3.20. The fourth-order valence-electron chi connectivity index (χ4n) is 2.10. The number of aromatic nitrogens is 1. The predicted molar refractivity (Wildman–Crippen MR) is 95.8 cm³/mol. The third-order valence-electron chi connectivity index (χ3n) is 3.29. The molecule has 1 aromatic heterocycles. The van der Waals surface area contributed by atoms with Crippen molar-refractivity contribution in [2.45, 2.75) is 13.3 Å². The van der Waals surface area contributed by atoms with Crippen molar-refractivity contribution < 1.29 is 14.3 Å². The number of carbonyl (C=O) groups excluding carboxylic acids is 1. The molecule has 0 fully saturated rings. The van der Waals surface area contributed by atoms with Gasteiger partial charge in [-0.15, -0.1) is 0 Å². The molecule has 2 aromatic rings. The van der Waals surface area contributed by atoms with Crippen LogP contribution in [0.15, 0.2) is 36.5 Å². The second kappa shape index (κ2) is 8.36.